The number of carbonyl (C=O) groups excluding carboxylic acids is 1. The van der Waals surface area contributed by atoms with Crippen molar-refractivity contribution < 1.29 is 9.53 Å². The molecule has 0 spiro atoms. The Kier molecular flexibility index (Phi) is 5.19. The second kappa shape index (κ2) is 6.65. The summed E-state index contributed by atoms with van der Waals surface area (Å²) in [4.78, 5) is 11.3. The first-order valence-corrected chi connectivity index (χ1v) is 5.91. The first-order chi connectivity index (χ1) is 8.54. The number of benzene rings is 1. The molecule has 0 aromatic heterocycles. The average molecular weight is 246 g/mol. The Hall–Kier alpha value is -2.02. The maximum atomic E-state index is 11.3. The van der Waals surface area contributed by atoms with Crippen LogP contribution in [0.3, 0.4) is 0 Å². The normalized spacial score (nSPS) is 9.94. The van der Waals surface area contributed by atoms with E-state index >= 15 is 0 Å². The van der Waals surface area contributed by atoms with Crippen LogP contribution < -0.4 is 10.1 Å². The molecule has 0 bridgehead atoms. The van der Waals surface area contributed by atoms with Crippen molar-refractivity contribution in [3.63, 3.8) is 0 Å². The van der Waals surface area contributed by atoms with E-state index in [0.29, 0.717) is 11.7 Å². The summed E-state index contributed by atoms with van der Waals surface area (Å²) in [5.74, 6) is 0.847. The highest BCUT2D eigenvalue weighted by Gasteiger charge is 2.07. The molecule has 0 unspecified atom stereocenters. The second-order valence-electron chi connectivity index (χ2n) is 4.40. The number of nitrogens with zero attached hydrogens (tertiary/aromatic N) is 1. The molecule has 4 heteroatoms. The third-order valence-electron chi connectivity index (χ3n) is 2.60. The zero-order valence-corrected chi connectivity index (χ0v) is 11.0. The van der Waals surface area contributed by atoms with Crippen molar-refractivity contribution in [2.75, 3.05) is 13.2 Å². The summed E-state index contributed by atoms with van der Waals surface area (Å²) in [5, 5.41) is 10.8. The topological polar surface area (TPSA) is 62.1 Å². The van der Waals surface area contributed by atoms with Gasteiger partial charge < -0.3 is 10.1 Å². The summed E-state index contributed by atoms with van der Waals surface area (Å²) < 4.78 is 5.46. The van der Waals surface area contributed by atoms with Gasteiger partial charge in [-0.3, -0.25) is 4.79 Å². The molecular formula is C14H18N2O2. The van der Waals surface area contributed by atoms with Gasteiger partial charge in [0.05, 0.1) is 6.07 Å². The van der Waals surface area contributed by atoms with E-state index in [4.69, 9.17) is 10.00 Å². The van der Waals surface area contributed by atoms with Crippen molar-refractivity contribution >= 4 is 5.91 Å². The van der Waals surface area contributed by atoms with Crippen molar-refractivity contribution in [3.05, 3.63) is 29.3 Å². The Balaban J connectivity index is 2.64. The standard InChI is InChI=1S/C14H18N2O2/c1-10(2)12-5-4-11(3)13(8-12)18-9-14(17)16-7-6-15/h4-5,8,10H,7,9H2,1-3H3,(H,16,17). The number of nitriles is 1. The van der Waals surface area contributed by atoms with Crippen molar-refractivity contribution in [3.8, 4) is 11.8 Å². The van der Waals surface area contributed by atoms with E-state index in [1.54, 1.807) is 0 Å². The van der Waals surface area contributed by atoms with Crippen molar-refractivity contribution in [2.24, 2.45) is 0 Å². The second-order valence-corrected chi connectivity index (χ2v) is 4.40. The van der Waals surface area contributed by atoms with Crippen LogP contribution in [0.1, 0.15) is 30.9 Å². The van der Waals surface area contributed by atoms with Crippen LogP contribution in [0.25, 0.3) is 0 Å². The predicted molar refractivity (Wildman–Crippen MR) is 69.4 cm³/mol. The van der Waals surface area contributed by atoms with Crippen LogP contribution in [0, 0.1) is 18.3 Å². The first-order valence-electron chi connectivity index (χ1n) is 5.91. The highest BCUT2D eigenvalue weighted by Crippen LogP contribution is 2.24. The van der Waals surface area contributed by atoms with Gasteiger partial charge in [-0.25, -0.2) is 0 Å². The quantitative estimate of drug-likeness (QED) is 0.810. The summed E-state index contributed by atoms with van der Waals surface area (Å²) in [6.07, 6.45) is 0. The van der Waals surface area contributed by atoms with E-state index in [9.17, 15) is 4.79 Å². The van der Waals surface area contributed by atoms with Crippen LogP contribution >= 0.6 is 0 Å². The molecule has 0 aliphatic carbocycles. The minimum atomic E-state index is -0.286. The fourth-order valence-electron chi connectivity index (χ4n) is 1.46. The number of ether oxygens (including phenoxy) is 1. The summed E-state index contributed by atoms with van der Waals surface area (Å²) in [5.41, 5.74) is 2.17. The summed E-state index contributed by atoms with van der Waals surface area (Å²) in [6, 6.07) is 7.84. The highest BCUT2D eigenvalue weighted by atomic mass is 16.5. The Labute approximate surface area is 108 Å². The van der Waals surface area contributed by atoms with Crippen molar-refractivity contribution in [1.29, 1.82) is 5.26 Å². The van der Waals surface area contributed by atoms with E-state index < -0.39 is 0 Å². The third-order valence-corrected chi connectivity index (χ3v) is 2.60. The van der Waals surface area contributed by atoms with Crippen molar-refractivity contribution in [2.45, 2.75) is 26.7 Å². The van der Waals surface area contributed by atoms with Gasteiger partial charge in [-0.1, -0.05) is 26.0 Å². The highest BCUT2D eigenvalue weighted by molar-refractivity contribution is 5.77. The van der Waals surface area contributed by atoms with Gasteiger partial charge in [0.15, 0.2) is 6.61 Å². The van der Waals surface area contributed by atoms with E-state index in [1.165, 1.54) is 5.56 Å². The Bertz CT molecular complexity index is 461. The zero-order chi connectivity index (χ0) is 13.5. The number of hydrogen-bond acceptors (Lipinski definition) is 3. The predicted octanol–water partition coefficient (Wildman–Crippen LogP) is 2.14. The number of hydrogen-bond donors (Lipinski definition) is 1. The van der Waals surface area contributed by atoms with E-state index in [1.807, 2.05) is 25.1 Å². The molecule has 0 aliphatic heterocycles. The van der Waals surface area contributed by atoms with Gasteiger partial charge in [-0.05, 0) is 30.0 Å². The maximum Gasteiger partial charge on any atom is 0.258 e. The summed E-state index contributed by atoms with van der Waals surface area (Å²) >= 11 is 0. The van der Waals surface area contributed by atoms with E-state index in [0.717, 1.165) is 5.56 Å². The molecule has 1 rings (SSSR count). The van der Waals surface area contributed by atoms with Gasteiger partial charge >= 0.3 is 0 Å². The van der Waals surface area contributed by atoms with Crippen LogP contribution in [-0.2, 0) is 4.79 Å². The molecular weight excluding hydrogens is 228 g/mol. The molecule has 0 saturated carbocycles. The number of nitrogens with one attached hydrogen (secondary N) is 1. The zero-order valence-electron chi connectivity index (χ0n) is 11.0. The lowest BCUT2D eigenvalue weighted by Gasteiger charge is -2.12. The molecule has 0 heterocycles. The fraction of sp³-hybridized carbons (Fsp3) is 0.429. The van der Waals surface area contributed by atoms with Crippen LogP contribution in [0.2, 0.25) is 0 Å². The largest absolute Gasteiger partial charge is 0.483 e. The van der Waals surface area contributed by atoms with Gasteiger partial charge in [0.1, 0.15) is 12.3 Å². The minimum Gasteiger partial charge on any atom is -0.483 e. The molecule has 18 heavy (non-hydrogen) atoms. The van der Waals surface area contributed by atoms with Gasteiger partial charge in [0.25, 0.3) is 5.91 Å². The molecule has 0 aliphatic rings. The van der Waals surface area contributed by atoms with Crippen LogP contribution in [0.5, 0.6) is 5.75 Å². The Morgan fingerprint density at radius 1 is 1.50 bits per heavy atom. The van der Waals surface area contributed by atoms with Crippen molar-refractivity contribution in [1.82, 2.24) is 5.32 Å². The fourth-order valence-corrected chi connectivity index (χ4v) is 1.46. The van der Waals surface area contributed by atoms with E-state index in [-0.39, 0.29) is 19.1 Å². The molecule has 1 aromatic carbocycles. The number of amides is 1. The molecule has 1 aromatic rings. The lowest BCUT2D eigenvalue weighted by Crippen LogP contribution is -2.29. The molecule has 0 radical (unpaired) electrons. The molecule has 0 fully saturated rings. The SMILES string of the molecule is Cc1ccc(C(C)C)cc1OCC(=O)NCC#N. The molecule has 0 saturated heterocycles. The Morgan fingerprint density at radius 3 is 2.83 bits per heavy atom. The monoisotopic (exact) mass is 246 g/mol. The Morgan fingerprint density at radius 2 is 2.22 bits per heavy atom. The molecule has 4 nitrogen and oxygen atoms in total. The van der Waals surface area contributed by atoms with Gasteiger partial charge in [-0.2, -0.15) is 5.26 Å². The minimum absolute atomic E-state index is 0.00715. The van der Waals surface area contributed by atoms with Crippen LogP contribution in [-0.4, -0.2) is 19.1 Å². The molecule has 0 atom stereocenters. The average Bonchev–Trinajstić information content (AvgIpc) is 2.35. The van der Waals surface area contributed by atoms with Gasteiger partial charge in [-0.15, -0.1) is 0 Å². The van der Waals surface area contributed by atoms with Gasteiger partial charge in [0, 0.05) is 0 Å². The maximum absolute atomic E-state index is 11.3. The van der Waals surface area contributed by atoms with Crippen LogP contribution in [0.4, 0.5) is 0 Å². The summed E-state index contributed by atoms with van der Waals surface area (Å²) in [7, 11) is 0. The number of rotatable bonds is 5. The number of carbonyl (C=O) groups is 1. The van der Waals surface area contributed by atoms with Gasteiger partial charge in [0.2, 0.25) is 0 Å². The lowest BCUT2D eigenvalue weighted by molar-refractivity contribution is -0.122. The van der Waals surface area contributed by atoms with E-state index in [2.05, 4.69) is 25.2 Å². The molecule has 1 amide bonds. The molecule has 1 N–H and O–H groups in total. The third kappa shape index (κ3) is 4.10. The summed E-state index contributed by atoms with van der Waals surface area (Å²) in [6.45, 7) is 6.09. The lowest BCUT2D eigenvalue weighted by atomic mass is 10.0. The number of aryl methyl sites for hydroxylation is 1. The van der Waals surface area contributed by atoms with Crippen LogP contribution in [0.15, 0.2) is 18.2 Å². The first kappa shape index (κ1) is 14.0. The molecule has 96 valence electrons. The smallest absolute Gasteiger partial charge is 0.258 e.